The molecule has 4 heteroatoms. The summed E-state index contributed by atoms with van der Waals surface area (Å²) < 4.78 is 0. The largest absolute Gasteiger partial charge is 0.506 e. The van der Waals surface area contributed by atoms with Crippen LogP contribution in [0, 0.1) is 0 Å². The fourth-order valence-corrected chi connectivity index (χ4v) is 2.50. The van der Waals surface area contributed by atoms with Gasteiger partial charge >= 0.3 is 0 Å². The van der Waals surface area contributed by atoms with Crippen LogP contribution in [0.5, 0.6) is 5.75 Å². The fourth-order valence-electron chi connectivity index (χ4n) is 2.50. The first-order chi connectivity index (χ1) is 9.62. The van der Waals surface area contributed by atoms with Gasteiger partial charge in [0.25, 0.3) is 0 Å². The summed E-state index contributed by atoms with van der Waals surface area (Å²) in [4.78, 5) is 12.8. The van der Waals surface area contributed by atoms with Crippen molar-refractivity contribution in [2.24, 2.45) is 0 Å². The maximum atomic E-state index is 10.4. The molecule has 0 fully saturated rings. The third kappa shape index (κ3) is 3.04. The van der Waals surface area contributed by atoms with Crippen molar-refractivity contribution in [3.8, 4) is 17.0 Å². The Morgan fingerprint density at radius 2 is 1.62 bits per heavy atom. The van der Waals surface area contributed by atoms with Gasteiger partial charge in [-0.3, -0.25) is 4.98 Å². The van der Waals surface area contributed by atoms with Crippen molar-refractivity contribution in [2.45, 2.75) is 52.4 Å². The lowest BCUT2D eigenvalue weighted by atomic mass is 9.75. The molecule has 0 aliphatic heterocycles. The Morgan fingerprint density at radius 1 is 0.952 bits per heavy atom. The minimum absolute atomic E-state index is 0.113. The Kier molecular flexibility index (Phi) is 3.74. The van der Waals surface area contributed by atoms with Gasteiger partial charge in [0.05, 0.1) is 17.6 Å². The molecule has 1 N–H and O–H groups in total. The molecule has 2 aromatic heterocycles. The Labute approximate surface area is 126 Å². The van der Waals surface area contributed by atoms with Crippen molar-refractivity contribution in [1.82, 2.24) is 15.0 Å². The van der Waals surface area contributed by atoms with E-state index in [0.29, 0.717) is 0 Å². The molecular weight excluding hydrogens is 262 g/mol. The van der Waals surface area contributed by atoms with Crippen LogP contribution in [0.2, 0.25) is 0 Å². The topological polar surface area (TPSA) is 58.9 Å². The van der Waals surface area contributed by atoms with Crippen molar-refractivity contribution in [3.63, 3.8) is 0 Å². The average Bonchev–Trinajstić information content (AvgIpc) is 2.36. The van der Waals surface area contributed by atoms with E-state index in [4.69, 9.17) is 0 Å². The molecule has 0 unspecified atom stereocenters. The Morgan fingerprint density at radius 3 is 2.10 bits per heavy atom. The molecule has 0 bridgehead atoms. The summed E-state index contributed by atoms with van der Waals surface area (Å²) in [6, 6.07) is 1.82. The summed E-state index contributed by atoms with van der Waals surface area (Å²) in [6.07, 6.45) is 4.71. The Bertz CT molecular complexity index is 638. The highest BCUT2D eigenvalue weighted by Gasteiger charge is 2.31. The first kappa shape index (κ1) is 15.4. The summed E-state index contributed by atoms with van der Waals surface area (Å²) in [5.74, 6) is 0.159. The zero-order chi connectivity index (χ0) is 15.8. The lowest BCUT2D eigenvalue weighted by molar-refractivity contribution is 0.461. The smallest absolute Gasteiger partial charge is 0.143 e. The molecule has 0 aromatic carbocycles. The molecule has 2 aromatic rings. The molecule has 0 saturated carbocycles. The average molecular weight is 285 g/mol. The van der Waals surface area contributed by atoms with Gasteiger partial charge in [0.2, 0.25) is 0 Å². The van der Waals surface area contributed by atoms with E-state index in [0.717, 1.165) is 22.5 Å². The minimum atomic E-state index is -0.158. The number of hydrogen-bond donors (Lipinski definition) is 1. The predicted octanol–water partition coefficient (Wildman–Crippen LogP) is 3.84. The molecule has 2 rings (SSSR count). The highest BCUT2D eigenvalue weighted by atomic mass is 16.3. The monoisotopic (exact) mass is 285 g/mol. The zero-order valence-corrected chi connectivity index (χ0v) is 13.6. The van der Waals surface area contributed by atoms with Crippen LogP contribution < -0.4 is 0 Å². The number of hydrogen-bond acceptors (Lipinski definition) is 4. The van der Waals surface area contributed by atoms with Crippen LogP contribution >= 0.6 is 0 Å². The fraction of sp³-hybridized carbons (Fsp3) is 0.471. The summed E-state index contributed by atoms with van der Waals surface area (Å²) in [6.45, 7) is 12.8. The molecule has 0 aliphatic rings. The van der Waals surface area contributed by atoms with Gasteiger partial charge in [-0.2, -0.15) is 0 Å². The van der Waals surface area contributed by atoms with Crippen LogP contribution in [0.25, 0.3) is 11.3 Å². The predicted molar refractivity (Wildman–Crippen MR) is 84.3 cm³/mol. The Balaban J connectivity index is 2.87. The second-order valence-corrected chi connectivity index (χ2v) is 7.34. The molecule has 2 heterocycles. The van der Waals surface area contributed by atoms with Crippen LogP contribution in [0.3, 0.4) is 0 Å². The van der Waals surface area contributed by atoms with Crippen molar-refractivity contribution in [3.05, 3.63) is 36.0 Å². The van der Waals surface area contributed by atoms with E-state index in [1.165, 1.54) is 12.5 Å². The van der Waals surface area contributed by atoms with Gasteiger partial charge in [0.15, 0.2) is 0 Å². The van der Waals surface area contributed by atoms with Crippen LogP contribution in [-0.4, -0.2) is 20.1 Å². The van der Waals surface area contributed by atoms with Crippen LogP contribution in [-0.2, 0) is 10.8 Å². The van der Waals surface area contributed by atoms with Crippen LogP contribution in [0.1, 0.15) is 52.8 Å². The van der Waals surface area contributed by atoms with E-state index in [1.807, 2.05) is 6.07 Å². The highest BCUT2D eigenvalue weighted by Crippen LogP contribution is 2.42. The molecule has 0 radical (unpaired) electrons. The molecule has 0 saturated heterocycles. The van der Waals surface area contributed by atoms with Gasteiger partial charge in [-0.25, -0.2) is 9.97 Å². The van der Waals surface area contributed by atoms with Gasteiger partial charge in [0.1, 0.15) is 12.1 Å². The number of pyridine rings is 1. The molecule has 0 spiro atoms. The van der Waals surface area contributed by atoms with Gasteiger partial charge in [-0.05, 0) is 17.0 Å². The maximum Gasteiger partial charge on any atom is 0.143 e. The van der Waals surface area contributed by atoms with E-state index in [2.05, 4.69) is 56.5 Å². The lowest BCUT2D eigenvalue weighted by Gasteiger charge is -2.31. The zero-order valence-electron chi connectivity index (χ0n) is 13.6. The van der Waals surface area contributed by atoms with Gasteiger partial charge in [0, 0.05) is 17.2 Å². The maximum absolute atomic E-state index is 10.4. The molecule has 0 amide bonds. The summed E-state index contributed by atoms with van der Waals surface area (Å²) in [5.41, 5.74) is 3.23. The van der Waals surface area contributed by atoms with E-state index in [-0.39, 0.29) is 16.6 Å². The van der Waals surface area contributed by atoms with Crippen LogP contribution in [0.4, 0.5) is 0 Å². The molecule has 0 aliphatic carbocycles. The molecule has 4 nitrogen and oxygen atoms in total. The first-order valence-corrected chi connectivity index (χ1v) is 7.11. The van der Waals surface area contributed by atoms with E-state index < -0.39 is 0 Å². The van der Waals surface area contributed by atoms with Gasteiger partial charge in [-0.1, -0.05) is 41.5 Å². The van der Waals surface area contributed by atoms with E-state index in [9.17, 15) is 5.11 Å². The lowest BCUT2D eigenvalue weighted by Crippen LogP contribution is -2.24. The van der Waals surface area contributed by atoms with Crippen LogP contribution in [0.15, 0.2) is 24.8 Å². The SMILES string of the molecule is CC(C)(C)c1ncc(O)c(-c2ccncn2)c1C(C)(C)C. The first-order valence-electron chi connectivity index (χ1n) is 7.11. The number of aromatic nitrogens is 3. The van der Waals surface area contributed by atoms with Crippen molar-refractivity contribution in [1.29, 1.82) is 0 Å². The highest BCUT2D eigenvalue weighted by molar-refractivity contribution is 5.72. The molecule has 21 heavy (non-hydrogen) atoms. The molecule has 112 valence electrons. The standard InChI is InChI=1S/C17H23N3O/c1-16(2,3)14-13(11-7-8-18-10-20-11)12(21)9-19-15(14)17(4,5)6/h7-10,21H,1-6H3. The summed E-state index contributed by atoms with van der Waals surface area (Å²) in [7, 11) is 0. The minimum Gasteiger partial charge on any atom is -0.506 e. The second kappa shape index (κ2) is 5.10. The Hall–Kier alpha value is -1.97. The van der Waals surface area contributed by atoms with Crippen molar-refractivity contribution < 1.29 is 5.11 Å². The third-order valence-electron chi connectivity index (χ3n) is 3.36. The number of rotatable bonds is 1. The third-order valence-corrected chi connectivity index (χ3v) is 3.36. The summed E-state index contributed by atoms with van der Waals surface area (Å²) >= 11 is 0. The van der Waals surface area contributed by atoms with E-state index in [1.54, 1.807) is 6.20 Å². The quantitative estimate of drug-likeness (QED) is 0.865. The van der Waals surface area contributed by atoms with E-state index >= 15 is 0 Å². The molecule has 0 atom stereocenters. The number of aromatic hydroxyl groups is 1. The van der Waals surface area contributed by atoms with Gasteiger partial charge in [-0.15, -0.1) is 0 Å². The normalized spacial score (nSPS) is 12.5. The van der Waals surface area contributed by atoms with Gasteiger partial charge < -0.3 is 5.11 Å². The molecular formula is C17H23N3O. The number of nitrogens with zero attached hydrogens (tertiary/aromatic N) is 3. The summed E-state index contributed by atoms with van der Waals surface area (Å²) in [5, 5.41) is 10.4. The van der Waals surface area contributed by atoms with Crippen molar-refractivity contribution >= 4 is 0 Å². The van der Waals surface area contributed by atoms with Crippen molar-refractivity contribution in [2.75, 3.05) is 0 Å². The second-order valence-electron chi connectivity index (χ2n) is 7.34.